The maximum Gasteiger partial charge on any atom is 0.173 e. The van der Waals surface area contributed by atoms with Gasteiger partial charge in [-0.3, -0.25) is 4.79 Å². The third-order valence-electron chi connectivity index (χ3n) is 3.15. The van der Waals surface area contributed by atoms with Gasteiger partial charge in [-0.25, -0.2) is 8.78 Å². The average Bonchev–Trinajstić information content (AvgIpc) is 2.82. The Morgan fingerprint density at radius 3 is 2.45 bits per heavy atom. The predicted octanol–water partition coefficient (Wildman–Crippen LogP) is 4.60. The van der Waals surface area contributed by atoms with Crippen molar-refractivity contribution in [2.75, 3.05) is 0 Å². The molecule has 0 aliphatic rings. The summed E-state index contributed by atoms with van der Waals surface area (Å²) in [6, 6.07) is 11.1. The van der Waals surface area contributed by atoms with Crippen LogP contribution in [0.4, 0.5) is 8.78 Å². The summed E-state index contributed by atoms with van der Waals surface area (Å²) in [6.45, 7) is 0. The van der Waals surface area contributed by atoms with E-state index in [-0.39, 0.29) is 6.42 Å². The van der Waals surface area contributed by atoms with E-state index >= 15 is 0 Å². The number of fused-ring (bicyclic) bond motifs is 1. The fourth-order valence-corrected chi connectivity index (χ4v) is 3.16. The summed E-state index contributed by atoms with van der Waals surface area (Å²) in [5, 5.41) is 2.82. The smallest absolute Gasteiger partial charge is 0.173 e. The number of benzene rings is 2. The van der Waals surface area contributed by atoms with Gasteiger partial charge in [0.1, 0.15) is 11.6 Å². The Hall–Kier alpha value is -2.07. The van der Waals surface area contributed by atoms with Crippen LogP contribution < -0.4 is 0 Å². The molecular formula is C16H10F2OS. The van der Waals surface area contributed by atoms with E-state index in [1.54, 1.807) is 0 Å². The van der Waals surface area contributed by atoms with Crippen LogP contribution in [-0.4, -0.2) is 5.78 Å². The molecule has 0 aliphatic heterocycles. The van der Waals surface area contributed by atoms with E-state index in [4.69, 9.17) is 0 Å². The first-order valence-electron chi connectivity index (χ1n) is 6.09. The van der Waals surface area contributed by atoms with Gasteiger partial charge in [-0.05, 0) is 34.5 Å². The van der Waals surface area contributed by atoms with Gasteiger partial charge in [0.05, 0.1) is 5.56 Å². The third-order valence-corrected chi connectivity index (χ3v) is 4.17. The van der Waals surface area contributed by atoms with Crippen LogP contribution in [0.3, 0.4) is 0 Å². The highest BCUT2D eigenvalue weighted by Crippen LogP contribution is 2.27. The van der Waals surface area contributed by atoms with Crippen molar-refractivity contribution in [3.63, 3.8) is 0 Å². The van der Waals surface area contributed by atoms with E-state index in [0.717, 1.165) is 27.8 Å². The van der Waals surface area contributed by atoms with Crippen molar-refractivity contribution in [1.82, 2.24) is 0 Å². The lowest BCUT2D eigenvalue weighted by Crippen LogP contribution is -2.08. The lowest BCUT2D eigenvalue weighted by Gasteiger charge is -2.03. The minimum absolute atomic E-state index is 0.00185. The molecule has 0 aliphatic carbocycles. The van der Waals surface area contributed by atoms with E-state index in [0.29, 0.717) is 0 Å². The quantitative estimate of drug-likeness (QED) is 0.643. The molecule has 0 amide bonds. The molecule has 0 spiro atoms. The van der Waals surface area contributed by atoms with Crippen molar-refractivity contribution in [3.05, 3.63) is 70.6 Å². The predicted molar refractivity (Wildman–Crippen MR) is 76.2 cm³/mol. The number of carbonyl (C=O) groups excluding carboxylic acids is 1. The Kier molecular flexibility index (Phi) is 3.32. The maximum absolute atomic E-state index is 13.6. The number of Topliss-reactive ketones (excluding diaryl/α,β-unsaturated/α-hetero) is 1. The van der Waals surface area contributed by atoms with Crippen molar-refractivity contribution in [2.24, 2.45) is 0 Å². The first kappa shape index (κ1) is 12.9. The van der Waals surface area contributed by atoms with E-state index in [1.165, 1.54) is 17.4 Å². The van der Waals surface area contributed by atoms with Crippen molar-refractivity contribution in [3.8, 4) is 0 Å². The van der Waals surface area contributed by atoms with Gasteiger partial charge in [-0.2, -0.15) is 0 Å². The van der Waals surface area contributed by atoms with E-state index in [1.807, 2.05) is 29.6 Å². The van der Waals surface area contributed by atoms with Gasteiger partial charge in [-0.1, -0.05) is 24.3 Å². The van der Waals surface area contributed by atoms with Crippen LogP contribution in [-0.2, 0) is 6.42 Å². The second kappa shape index (κ2) is 5.13. The number of carbonyl (C=O) groups is 1. The largest absolute Gasteiger partial charge is 0.294 e. The minimum Gasteiger partial charge on any atom is -0.294 e. The highest BCUT2D eigenvalue weighted by molar-refractivity contribution is 7.17. The highest BCUT2D eigenvalue weighted by atomic mass is 32.1. The second-order valence-corrected chi connectivity index (χ2v) is 5.36. The Bertz CT molecular complexity index is 772. The van der Waals surface area contributed by atoms with Crippen LogP contribution in [0.15, 0.2) is 47.8 Å². The molecule has 100 valence electrons. The molecule has 2 aromatic carbocycles. The molecule has 0 atom stereocenters. The van der Waals surface area contributed by atoms with Crippen LogP contribution in [0.5, 0.6) is 0 Å². The molecule has 0 radical (unpaired) electrons. The summed E-state index contributed by atoms with van der Waals surface area (Å²) >= 11 is 1.52. The van der Waals surface area contributed by atoms with E-state index in [2.05, 4.69) is 0 Å². The fourth-order valence-electron chi connectivity index (χ4n) is 2.20. The molecule has 1 aromatic heterocycles. The third kappa shape index (κ3) is 2.23. The van der Waals surface area contributed by atoms with Gasteiger partial charge in [-0.15, -0.1) is 11.3 Å². The summed E-state index contributed by atoms with van der Waals surface area (Å²) < 4.78 is 28.2. The number of halogens is 2. The standard InChI is InChI=1S/C16H10F2OS/c17-12-5-3-6-13(18)16(12)14(19)8-10-9-20-15-7-2-1-4-11(10)15/h1-7,9H,8H2. The molecule has 0 saturated heterocycles. The molecule has 0 N–H and O–H groups in total. The SMILES string of the molecule is O=C(Cc1csc2ccccc12)c1c(F)cccc1F. The maximum atomic E-state index is 13.6. The van der Waals surface area contributed by atoms with Gasteiger partial charge in [0.25, 0.3) is 0 Å². The topological polar surface area (TPSA) is 17.1 Å². The lowest BCUT2D eigenvalue weighted by atomic mass is 10.0. The van der Waals surface area contributed by atoms with Gasteiger partial charge in [0.15, 0.2) is 5.78 Å². The summed E-state index contributed by atoms with van der Waals surface area (Å²) in [7, 11) is 0. The van der Waals surface area contributed by atoms with Crippen LogP contribution in [0.25, 0.3) is 10.1 Å². The van der Waals surface area contributed by atoms with Gasteiger partial charge >= 0.3 is 0 Å². The molecule has 0 unspecified atom stereocenters. The van der Waals surface area contributed by atoms with Crippen molar-refractivity contribution in [2.45, 2.75) is 6.42 Å². The molecule has 1 heterocycles. The summed E-state index contributed by atoms with van der Waals surface area (Å²) in [5.74, 6) is -2.16. The Labute approximate surface area is 118 Å². The molecule has 0 fully saturated rings. The first-order chi connectivity index (χ1) is 9.66. The zero-order valence-electron chi connectivity index (χ0n) is 10.4. The Balaban J connectivity index is 1.97. The highest BCUT2D eigenvalue weighted by Gasteiger charge is 2.18. The molecule has 0 saturated carbocycles. The second-order valence-electron chi connectivity index (χ2n) is 4.45. The van der Waals surface area contributed by atoms with Crippen LogP contribution in [0.2, 0.25) is 0 Å². The van der Waals surface area contributed by atoms with Gasteiger partial charge in [0.2, 0.25) is 0 Å². The first-order valence-corrected chi connectivity index (χ1v) is 6.97. The van der Waals surface area contributed by atoms with Crippen molar-refractivity contribution >= 4 is 27.2 Å². The monoisotopic (exact) mass is 288 g/mol. The molecule has 4 heteroatoms. The molecule has 3 rings (SSSR count). The Morgan fingerprint density at radius 1 is 1.00 bits per heavy atom. The summed E-state index contributed by atoms with van der Waals surface area (Å²) in [4.78, 5) is 12.1. The molecule has 20 heavy (non-hydrogen) atoms. The molecular weight excluding hydrogens is 278 g/mol. The van der Waals surface area contributed by atoms with Gasteiger partial charge in [0, 0.05) is 11.1 Å². The summed E-state index contributed by atoms with van der Waals surface area (Å²) in [5.41, 5.74) is 0.348. The number of hydrogen-bond donors (Lipinski definition) is 0. The van der Waals surface area contributed by atoms with E-state index < -0.39 is 23.0 Å². The average molecular weight is 288 g/mol. The molecule has 1 nitrogen and oxygen atoms in total. The zero-order valence-corrected chi connectivity index (χ0v) is 11.2. The van der Waals surface area contributed by atoms with Crippen LogP contribution in [0, 0.1) is 11.6 Å². The number of thiophene rings is 1. The van der Waals surface area contributed by atoms with E-state index in [9.17, 15) is 13.6 Å². The summed E-state index contributed by atoms with van der Waals surface area (Å²) in [6.07, 6.45) is 0.00185. The van der Waals surface area contributed by atoms with Crippen LogP contribution in [0.1, 0.15) is 15.9 Å². The Morgan fingerprint density at radius 2 is 1.70 bits per heavy atom. The normalized spacial score (nSPS) is 10.9. The lowest BCUT2D eigenvalue weighted by molar-refractivity contribution is 0.0985. The van der Waals surface area contributed by atoms with Crippen LogP contribution >= 0.6 is 11.3 Å². The number of hydrogen-bond acceptors (Lipinski definition) is 2. The zero-order chi connectivity index (χ0) is 14.1. The number of rotatable bonds is 3. The van der Waals surface area contributed by atoms with Gasteiger partial charge < -0.3 is 0 Å². The van der Waals surface area contributed by atoms with Crippen molar-refractivity contribution < 1.29 is 13.6 Å². The number of ketones is 1. The molecule has 3 aromatic rings. The fraction of sp³-hybridized carbons (Fsp3) is 0.0625. The van der Waals surface area contributed by atoms with Crippen molar-refractivity contribution in [1.29, 1.82) is 0 Å². The minimum atomic E-state index is -0.811. The molecule has 0 bridgehead atoms.